The maximum absolute atomic E-state index is 12.0. The maximum Gasteiger partial charge on any atom is 0.214 e. The molecule has 0 aliphatic heterocycles. The Hall–Kier alpha value is -1.07. The molecule has 0 radical (unpaired) electrons. The van der Waals surface area contributed by atoms with E-state index in [1.165, 1.54) is 4.31 Å². The van der Waals surface area contributed by atoms with Crippen molar-refractivity contribution in [3.05, 3.63) is 29.8 Å². The fourth-order valence-electron chi connectivity index (χ4n) is 1.73. The Morgan fingerprint density at radius 2 is 1.78 bits per heavy atom. The number of benzene rings is 1. The molecule has 5 heteroatoms. The van der Waals surface area contributed by atoms with Gasteiger partial charge in [0.1, 0.15) is 5.75 Å². The van der Waals surface area contributed by atoms with Crippen molar-refractivity contribution in [2.45, 2.75) is 26.8 Å². The maximum atomic E-state index is 12.0. The fraction of sp³-hybridized carbons (Fsp3) is 0.538. The zero-order valence-electron chi connectivity index (χ0n) is 11.2. The van der Waals surface area contributed by atoms with E-state index in [2.05, 4.69) is 0 Å². The summed E-state index contributed by atoms with van der Waals surface area (Å²) in [5, 5.41) is 0. The van der Waals surface area contributed by atoms with Crippen molar-refractivity contribution in [1.82, 2.24) is 4.31 Å². The summed E-state index contributed by atoms with van der Waals surface area (Å²) in [5.41, 5.74) is 0.970. The van der Waals surface area contributed by atoms with Crippen molar-refractivity contribution >= 4 is 10.0 Å². The molecule has 0 aliphatic rings. The average molecular weight is 271 g/mol. The van der Waals surface area contributed by atoms with Crippen LogP contribution in [0.4, 0.5) is 0 Å². The molecule has 1 rings (SSSR count). The van der Waals surface area contributed by atoms with Crippen LogP contribution in [0, 0.1) is 0 Å². The van der Waals surface area contributed by atoms with Crippen LogP contribution in [-0.4, -0.2) is 32.1 Å². The van der Waals surface area contributed by atoms with Crippen molar-refractivity contribution in [2.75, 3.05) is 19.4 Å². The van der Waals surface area contributed by atoms with Gasteiger partial charge in [-0.3, -0.25) is 0 Å². The van der Waals surface area contributed by atoms with Gasteiger partial charge in [0.05, 0.1) is 12.9 Å². The first-order valence-electron chi connectivity index (χ1n) is 6.14. The molecule has 0 fully saturated rings. The van der Waals surface area contributed by atoms with Crippen molar-refractivity contribution in [3.8, 4) is 5.75 Å². The zero-order valence-corrected chi connectivity index (χ0v) is 12.0. The van der Waals surface area contributed by atoms with Crippen LogP contribution in [-0.2, 0) is 16.6 Å². The van der Waals surface area contributed by atoms with E-state index in [0.717, 1.165) is 11.3 Å². The minimum atomic E-state index is -3.13. The van der Waals surface area contributed by atoms with Crippen LogP contribution in [0.5, 0.6) is 5.75 Å². The van der Waals surface area contributed by atoms with Crippen LogP contribution in [0.3, 0.4) is 0 Å². The molecule has 1 aromatic carbocycles. The van der Waals surface area contributed by atoms with Gasteiger partial charge < -0.3 is 4.74 Å². The van der Waals surface area contributed by atoms with Gasteiger partial charge >= 0.3 is 0 Å². The number of ether oxygens (including phenoxy) is 1. The number of sulfonamides is 1. The largest absolute Gasteiger partial charge is 0.497 e. The lowest BCUT2D eigenvalue weighted by molar-refractivity contribution is 0.412. The first-order chi connectivity index (χ1) is 8.53. The second-order valence-corrected chi connectivity index (χ2v) is 6.18. The average Bonchev–Trinajstić information content (AvgIpc) is 2.36. The summed E-state index contributed by atoms with van der Waals surface area (Å²) in [5.74, 6) is 0.981. The predicted molar refractivity (Wildman–Crippen MR) is 73.2 cm³/mol. The van der Waals surface area contributed by atoms with Crippen LogP contribution in [0.2, 0.25) is 0 Å². The summed E-state index contributed by atoms with van der Waals surface area (Å²) in [6.07, 6.45) is 0.640. The monoisotopic (exact) mass is 271 g/mol. The van der Waals surface area contributed by atoms with Crippen LogP contribution < -0.4 is 4.74 Å². The summed E-state index contributed by atoms with van der Waals surface area (Å²) in [6, 6.07) is 7.47. The Balaban J connectivity index is 2.79. The van der Waals surface area contributed by atoms with E-state index in [-0.39, 0.29) is 5.75 Å². The van der Waals surface area contributed by atoms with Crippen molar-refractivity contribution < 1.29 is 13.2 Å². The van der Waals surface area contributed by atoms with Crippen molar-refractivity contribution in [3.63, 3.8) is 0 Å². The third kappa shape index (κ3) is 3.99. The second-order valence-electron chi connectivity index (χ2n) is 4.09. The van der Waals surface area contributed by atoms with Gasteiger partial charge in [-0.15, -0.1) is 0 Å². The minimum absolute atomic E-state index is 0.205. The zero-order chi connectivity index (χ0) is 13.6. The molecule has 0 saturated heterocycles. The molecular formula is C13H21NO3S. The molecule has 0 saturated carbocycles. The van der Waals surface area contributed by atoms with E-state index >= 15 is 0 Å². The smallest absolute Gasteiger partial charge is 0.214 e. The number of methoxy groups -OCH3 is 1. The summed E-state index contributed by atoms with van der Waals surface area (Å²) in [6.45, 7) is 4.65. The van der Waals surface area contributed by atoms with Gasteiger partial charge in [-0.1, -0.05) is 26.0 Å². The predicted octanol–water partition coefficient (Wildman–Crippen LogP) is 2.26. The molecule has 18 heavy (non-hydrogen) atoms. The molecule has 102 valence electrons. The Morgan fingerprint density at radius 1 is 1.17 bits per heavy atom. The van der Waals surface area contributed by atoms with E-state index in [1.807, 2.05) is 38.1 Å². The van der Waals surface area contributed by atoms with Gasteiger partial charge in [0.25, 0.3) is 0 Å². The molecule has 0 N–H and O–H groups in total. The molecule has 0 aromatic heterocycles. The highest BCUT2D eigenvalue weighted by Crippen LogP contribution is 2.15. The third-order valence-corrected chi connectivity index (χ3v) is 4.82. The van der Waals surface area contributed by atoms with Gasteiger partial charge in [0, 0.05) is 13.1 Å². The minimum Gasteiger partial charge on any atom is -0.497 e. The summed E-state index contributed by atoms with van der Waals surface area (Å²) in [4.78, 5) is 0. The number of rotatable bonds is 7. The van der Waals surface area contributed by atoms with E-state index in [4.69, 9.17) is 4.74 Å². The second kappa shape index (κ2) is 6.75. The number of nitrogens with zero attached hydrogens (tertiary/aromatic N) is 1. The fourth-order valence-corrected chi connectivity index (χ4v) is 3.24. The molecule has 0 spiro atoms. The highest BCUT2D eigenvalue weighted by molar-refractivity contribution is 7.89. The van der Waals surface area contributed by atoms with E-state index in [1.54, 1.807) is 7.11 Å². The van der Waals surface area contributed by atoms with Crippen molar-refractivity contribution in [2.24, 2.45) is 0 Å². The Labute approximate surface area is 110 Å². The molecule has 0 amide bonds. The van der Waals surface area contributed by atoms with Crippen LogP contribution in [0.15, 0.2) is 24.3 Å². The number of hydrogen-bond acceptors (Lipinski definition) is 3. The summed E-state index contributed by atoms with van der Waals surface area (Å²) >= 11 is 0. The highest BCUT2D eigenvalue weighted by atomic mass is 32.2. The lowest BCUT2D eigenvalue weighted by Crippen LogP contribution is -2.32. The molecular weight excluding hydrogens is 250 g/mol. The highest BCUT2D eigenvalue weighted by Gasteiger charge is 2.19. The van der Waals surface area contributed by atoms with Crippen LogP contribution >= 0.6 is 0 Å². The van der Waals surface area contributed by atoms with Crippen LogP contribution in [0.1, 0.15) is 25.8 Å². The molecule has 0 atom stereocenters. The van der Waals surface area contributed by atoms with Gasteiger partial charge in [0.2, 0.25) is 10.0 Å². The van der Waals surface area contributed by atoms with Gasteiger partial charge in [-0.25, -0.2) is 8.42 Å². The number of hydrogen-bond donors (Lipinski definition) is 0. The first-order valence-corrected chi connectivity index (χ1v) is 7.75. The molecule has 0 bridgehead atoms. The lowest BCUT2D eigenvalue weighted by atomic mass is 10.2. The Morgan fingerprint density at radius 3 is 2.22 bits per heavy atom. The first kappa shape index (κ1) is 15.0. The van der Waals surface area contributed by atoms with E-state index in [0.29, 0.717) is 19.5 Å². The quantitative estimate of drug-likeness (QED) is 0.764. The van der Waals surface area contributed by atoms with Gasteiger partial charge in [-0.2, -0.15) is 4.31 Å². The van der Waals surface area contributed by atoms with Crippen molar-refractivity contribution in [1.29, 1.82) is 0 Å². The Kier molecular flexibility index (Phi) is 5.62. The normalized spacial score (nSPS) is 11.8. The lowest BCUT2D eigenvalue weighted by Gasteiger charge is -2.20. The molecule has 1 aromatic rings. The SMILES string of the molecule is CCCS(=O)(=O)N(CC)Cc1ccc(OC)cc1. The van der Waals surface area contributed by atoms with Gasteiger partial charge in [-0.05, 0) is 24.1 Å². The molecule has 0 aliphatic carbocycles. The van der Waals surface area contributed by atoms with E-state index < -0.39 is 10.0 Å². The van der Waals surface area contributed by atoms with E-state index in [9.17, 15) is 8.42 Å². The molecule has 0 heterocycles. The summed E-state index contributed by atoms with van der Waals surface area (Å²) < 4.78 is 30.6. The topological polar surface area (TPSA) is 46.6 Å². The standard InChI is InChI=1S/C13H21NO3S/c1-4-10-18(15,16)14(5-2)11-12-6-8-13(17-3)9-7-12/h6-9H,4-5,10-11H2,1-3H3. The Bertz CT molecular complexity index is 454. The van der Waals surface area contributed by atoms with Gasteiger partial charge in [0.15, 0.2) is 0 Å². The summed E-state index contributed by atoms with van der Waals surface area (Å²) in [7, 11) is -1.52. The third-order valence-electron chi connectivity index (χ3n) is 2.73. The molecule has 0 unspecified atom stereocenters. The van der Waals surface area contributed by atoms with Crippen LogP contribution in [0.25, 0.3) is 0 Å². The molecule has 4 nitrogen and oxygen atoms in total.